The van der Waals surface area contributed by atoms with Crippen LogP contribution in [0.3, 0.4) is 0 Å². The van der Waals surface area contributed by atoms with Gasteiger partial charge in [0.15, 0.2) is 6.29 Å². The Morgan fingerprint density at radius 2 is 0.640 bits per heavy atom. The first kappa shape index (κ1) is 82.9. The molecule has 0 radical (unpaired) electrons. The minimum Gasteiger partial charge on any atom is -0.394 e. The second kappa shape index (κ2) is 66.8. The lowest BCUT2D eigenvalue weighted by atomic mass is 9.99. The Kier molecular flexibility index (Phi) is 64.5. The zero-order chi connectivity index (χ0) is 62.1. The van der Waals surface area contributed by atoms with Crippen LogP contribution in [0.1, 0.15) is 418 Å². The molecule has 9 nitrogen and oxygen atoms in total. The molecule has 1 rings (SSSR count). The maximum Gasteiger partial charge on any atom is 0.220 e. The number of allylic oxidation sites excluding steroid dienone is 1. The van der Waals surface area contributed by atoms with Crippen LogP contribution in [0.15, 0.2) is 12.2 Å². The summed E-state index contributed by atoms with van der Waals surface area (Å²) in [5.74, 6) is -0.166. The zero-order valence-corrected chi connectivity index (χ0v) is 57.6. The summed E-state index contributed by atoms with van der Waals surface area (Å²) in [6.45, 7) is 3.85. The Balaban J connectivity index is 2.02. The maximum absolute atomic E-state index is 13.1. The Morgan fingerprint density at radius 3 is 0.907 bits per heavy atom. The standard InChI is InChI=1S/C77H151NO8/c1-3-5-7-9-11-13-15-17-19-21-23-25-27-28-29-30-31-32-33-34-35-36-37-38-39-40-41-42-43-44-45-47-49-51-53-55-57-59-61-63-65-67-73(81)78-70(69-85-77-76(84)75(83)74(82)72(68-79)86-77)71(80)66-64-62-60-58-56-54-52-50-48-46-26-24-22-20-18-16-14-12-10-8-6-4-2/h64,66,70-72,74-77,79-80,82-84H,3-63,65,67-69H2,1-2H3,(H,78,81)/b66-64+. The first-order valence-corrected chi connectivity index (χ1v) is 38.9. The van der Waals surface area contributed by atoms with E-state index < -0.39 is 49.5 Å². The van der Waals surface area contributed by atoms with Gasteiger partial charge in [0.2, 0.25) is 5.91 Å². The Labute approximate surface area is 535 Å². The minimum atomic E-state index is -1.56. The fourth-order valence-electron chi connectivity index (χ4n) is 13.0. The molecule has 1 saturated heterocycles. The number of nitrogens with one attached hydrogen (secondary N) is 1. The molecular weight excluding hydrogens is 1070 g/mol. The number of aliphatic hydroxyl groups excluding tert-OH is 5. The van der Waals surface area contributed by atoms with Crippen molar-refractivity contribution in [3.63, 3.8) is 0 Å². The van der Waals surface area contributed by atoms with Gasteiger partial charge < -0.3 is 40.3 Å². The van der Waals surface area contributed by atoms with Crippen molar-refractivity contribution >= 4 is 5.91 Å². The fourth-order valence-corrected chi connectivity index (χ4v) is 13.0. The molecule has 1 amide bonds. The van der Waals surface area contributed by atoms with Gasteiger partial charge in [-0.3, -0.25) is 4.79 Å². The number of aliphatic hydroxyl groups is 5. The van der Waals surface area contributed by atoms with Crippen molar-refractivity contribution in [2.24, 2.45) is 0 Å². The summed E-state index contributed by atoms with van der Waals surface area (Å²) in [7, 11) is 0. The van der Waals surface area contributed by atoms with E-state index in [9.17, 15) is 30.3 Å². The third-order valence-electron chi connectivity index (χ3n) is 19.1. The van der Waals surface area contributed by atoms with Gasteiger partial charge in [-0.15, -0.1) is 0 Å². The third kappa shape index (κ3) is 54.6. The summed E-state index contributed by atoms with van der Waals surface area (Å²) < 4.78 is 11.3. The van der Waals surface area contributed by atoms with Gasteiger partial charge in [-0.2, -0.15) is 0 Å². The quantitative estimate of drug-likeness (QED) is 0.0261. The fraction of sp³-hybridized carbons (Fsp3) is 0.961. The molecular formula is C77H151NO8. The summed E-state index contributed by atoms with van der Waals surface area (Å²) in [4.78, 5) is 13.1. The Morgan fingerprint density at radius 1 is 0.384 bits per heavy atom. The smallest absolute Gasteiger partial charge is 0.220 e. The molecule has 7 atom stereocenters. The SMILES string of the molecule is CCCCCCCCCCCCCCCCCCCCCC/C=C/C(O)C(COC1OC(CO)C(O)C(O)C1O)NC(=O)CCCCCCCCCCCCCCCCCCCCCCCCCCCCCCCCCCCCCCCCCCC. The summed E-state index contributed by atoms with van der Waals surface area (Å²) in [6.07, 6.45) is 80.8. The van der Waals surface area contributed by atoms with Crippen LogP contribution in [0, 0.1) is 0 Å². The summed E-state index contributed by atoms with van der Waals surface area (Å²) in [6, 6.07) is -0.802. The van der Waals surface area contributed by atoms with Crippen LogP contribution in [0.5, 0.6) is 0 Å². The number of carbonyl (C=O) groups excluding carboxylic acids is 1. The van der Waals surface area contributed by atoms with Crippen LogP contribution < -0.4 is 5.32 Å². The van der Waals surface area contributed by atoms with Gasteiger partial charge in [0, 0.05) is 6.42 Å². The van der Waals surface area contributed by atoms with E-state index in [4.69, 9.17) is 9.47 Å². The molecule has 0 saturated carbocycles. The van der Waals surface area contributed by atoms with Crippen molar-refractivity contribution in [1.82, 2.24) is 5.32 Å². The van der Waals surface area contributed by atoms with Crippen molar-refractivity contribution in [2.45, 2.75) is 461 Å². The van der Waals surface area contributed by atoms with Gasteiger partial charge in [0.1, 0.15) is 24.4 Å². The van der Waals surface area contributed by atoms with Crippen molar-refractivity contribution in [2.75, 3.05) is 13.2 Å². The molecule has 86 heavy (non-hydrogen) atoms. The number of rotatable bonds is 70. The normalized spacial score (nSPS) is 18.0. The predicted octanol–water partition coefficient (Wildman–Crippen LogP) is 21.8. The number of hydrogen-bond acceptors (Lipinski definition) is 8. The van der Waals surface area contributed by atoms with Crippen LogP contribution in [0.2, 0.25) is 0 Å². The summed E-state index contributed by atoms with van der Waals surface area (Å²) in [5, 5.41) is 54.8. The monoisotopic (exact) mass is 1220 g/mol. The lowest BCUT2D eigenvalue weighted by Gasteiger charge is -2.40. The molecule has 0 aromatic carbocycles. The molecule has 1 fully saturated rings. The zero-order valence-electron chi connectivity index (χ0n) is 57.6. The highest BCUT2D eigenvalue weighted by molar-refractivity contribution is 5.76. The first-order valence-electron chi connectivity index (χ1n) is 38.9. The molecule has 512 valence electrons. The molecule has 7 unspecified atom stereocenters. The van der Waals surface area contributed by atoms with Crippen molar-refractivity contribution in [3.8, 4) is 0 Å². The average molecular weight is 1220 g/mol. The Bertz CT molecular complexity index is 1360. The van der Waals surface area contributed by atoms with Crippen molar-refractivity contribution in [1.29, 1.82) is 0 Å². The van der Waals surface area contributed by atoms with Gasteiger partial charge in [0.05, 0.1) is 25.4 Å². The van der Waals surface area contributed by atoms with Crippen LogP contribution >= 0.6 is 0 Å². The molecule has 0 bridgehead atoms. The van der Waals surface area contributed by atoms with Gasteiger partial charge in [0.25, 0.3) is 0 Å². The van der Waals surface area contributed by atoms with Crippen LogP contribution in [0.4, 0.5) is 0 Å². The molecule has 0 aromatic heterocycles. The van der Waals surface area contributed by atoms with Crippen molar-refractivity contribution < 1.29 is 39.8 Å². The average Bonchev–Trinajstić information content (AvgIpc) is 2.43. The molecule has 6 N–H and O–H groups in total. The largest absolute Gasteiger partial charge is 0.394 e. The van der Waals surface area contributed by atoms with E-state index in [-0.39, 0.29) is 12.5 Å². The second-order valence-electron chi connectivity index (χ2n) is 27.5. The summed E-state index contributed by atoms with van der Waals surface area (Å²) >= 11 is 0. The highest BCUT2D eigenvalue weighted by atomic mass is 16.7. The van der Waals surface area contributed by atoms with Gasteiger partial charge in [-0.1, -0.05) is 405 Å². The van der Waals surface area contributed by atoms with Crippen molar-refractivity contribution in [3.05, 3.63) is 12.2 Å². The van der Waals surface area contributed by atoms with E-state index >= 15 is 0 Å². The number of ether oxygens (including phenoxy) is 2. The molecule has 0 aliphatic carbocycles. The maximum atomic E-state index is 13.1. The molecule has 0 spiro atoms. The molecule has 9 heteroatoms. The minimum absolute atomic E-state index is 0.166. The molecule has 1 aliphatic rings. The van der Waals surface area contributed by atoms with E-state index in [1.807, 2.05) is 6.08 Å². The van der Waals surface area contributed by atoms with Crippen LogP contribution in [-0.4, -0.2) is 87.5 Å². The summed E-state index contributed by atoms with van der Waals surface area (Å²) in [5.41, 5.74) is 0. The highest BCUT2D eigenvalue weighted by Gasteiger charge is 2.44. The van der Waals surface area contributed by atoms with Gasteiger partial charge in [-0.05, 0) is 19.3 Å². The Hall–Kier alpha value is -1.07. The van der Waals surface area contributed by atoms with E-state index in [1.54, 1.807) is 6.08 Å². The number of unbranched alkanes of at least 4 members (excludes halogenated alkanes) is 60. The van der Waals surface area contributed by atoms with E-state index in [0.717, 1.165) is 38.5 Å². The van der Waals surface area contributed by atoms with Crippen LogP contribution in [-0.2, 0) is 14.3 Å². The highest BCUT2D eigenvalue weighted by Crippen LogP contribution is 2.24. The number of hydrogen-bond donors (Lipinski definition) is 6. The second-order valence-corrected chi connectivity index (χ2v) is 27.5. The van der Waals surface area contributed by atoms with Gasteiger partial charge >= 0.3 is 0 Å². The lowest BCUT2D eigenvalue weighted by Crippen LogP contribution is -2.60. The van der Waals surface area contributed by atoms with Crippen LogP contribution in [0.25, 0.3) is 0 Å². The third-order valence-corrected chi connectivity index (χ3v) is 19.1. The number of carbonyl (C=O) groups is 1. The van der Waals surface area contributed by atoms with Gasteiger partial charge in [-0.25, -0.2) is 0 Å². The first-order chi connectivity index (χ1) is 42.3. The topological polar surface area (TPSA) is 149 Å². The van der Waals surface area contributed by atoms with E-state index in [2.05, 4.69) is 19.2 Å². The van der Waals surface area contributed by atoms with E-state index in [1.165, 1.54) is 360 Å². The molecule has 0 aromatic rings. The molecule has 1 aliphatic heterocycles. The predicted molar refractivity (Wildman–Crippen MR) is 369 cm³/mol. The van der Waals surface area contributed by atoms with E-state index in [0.29, 0.717) is 6.42 Å². The lowest BCUT2D eigenvalue weighted by molar-refractivity contribution is -0.302. The molecule has 1 heterocycles. The number of amides is 1.